The lowest BCUT2D eigenvalue weighted by molar-refractivity contribution is -0.147. The first-order valence-electron chi connectivity index (χ1n) is 9.49. The summed E-state index contributed by atoms with van der Waals surface area (Å²) in [5, 5.41) is 5.41. The zero-order valence-corrected chi connectivity index (χ0v) is 16.7. The van der Waals surface area contributed by atoms with Gasteiger partial charge in [-0.2, -0.15) is 0 Å². The number of nitrogens with one attached hydrogen (secondary N) is 2. The van der Waals surface area contributed by atoms with Crippen molar-refractivity contribution in [1.29, 1.82) is 0 Å². The maximum Gasteiger partial charge on any atom is 0.306 e. The number of carbonyl (C=O) groups excluding carboxylic acids is 3. The predicted molar refractivity (Wildman–Crippen MR) is 111 cm³/mol. The Bertz CT molecular complexity index is 833. The Morgan fingerprint density at radius 2 is 1.62 bits per heavy atom. The van der Waals surface area contributed by atoms with Crippen LogP contribution < -0.4 is 15.4 Å². The van der Waals surface area contributed by atoms with Crippen molar-refractivity contribution < 1.29 is 23.9 Å². The molecule has 2 N–H and O–H groups in total. The maximum absolute atomic E-state index is 12.0. The van der Waals surface area contributed by atoms with E-state index in [1.165, 1.54) is 12.7 Å². The highest BCUT2D eigenvalue weighted by atomic mass is 16.5. The Morgan fingerprint density at radius 3 is 2.31 bits per heavy atom. The topological polar surface area (TPSA) is 93.7 Å². The van der Waals surface area contributed by atoms with E-state index in [9.17, 15) is 14.4 Å². The number of methoxy groups -OCH3 is 1. The summed E-state index contributed by atoms with van der Waals surface area (Å²) in [6, 6.07) is 14.5. The molecule has 7 heteroatoms. The van der Waals surface area contributed by atoms with Gasteiger partial charge in [0.05, 0.1) is 12.8 Å². The zero-order valence-electron chi connectivity index (χ0n) is 16.7. The molecule has 0 spiro atoms. The molecular weight excluding hydrogens is 372 g/mol. The Labute approximate surface area is 170 Å². The van der Waals surface area contributed by atoms with Gasteiger partial charge in [0, 0.05) is 18.5 Å². The van der Waals surface area contributed by atoms with Gasteiger partial charge in [0.1, 0.15) is 5.75 Å². The van der Waals surface area contributed by atoms with Gasteiger partial charge in [-0.15, -0.1) is 0 Å². The fraction of sp³-hybridized carbons (Fsp3) is 0.318. The lowest BCUT2D eigenvalue weighted by atomic mass is 10.1. The summed E-state index contributed by atoms with van der Waals surface area (Å²) in [6.45, 7) is 1.69. The minimum absolute atomic E-state index is 0.0534. The second kappa shape index (κ2) is 11.5. The molecule has 2 aromatic carbocycles. The second-order valence-corrected chi connectivity index (χ2v) is 6.36. The van der Waals surface area contributed by atoms with Crippen molar-refractivity contribution in [2.45, 2.75) is 32.6 Å². The number of para-hydroxylation sites is 2. The van der Waals surface area contributed by atoms with Gasteiger partial charge in [0.25, 0.3) is 5.91 Å². The molecule has 0 aliphatic heterocycles. The molecule has 0 bridgehead atoms. The van der Waals surface area contributed by atoms with Crippen molar-refractivity contribution in [1.82, 2.24) is 0 Å². The molecule has 0 heterocycles. The van der Waals surface area contributed by atoms with Crippen molar-refractivity contribution in [2.75, 3.05) is 24.4 Å². The average molecular weight is 398 g/mol. The van der Waals surface area contributed by atoms with Crippen LogP contribution in [0, 0.1) is 0 Å². The molecule has 0 radical (unpaired) electrons. The molecule has 0 aliphatic rings. The van der Waals surface area contributed by atoms with Crippen LogP contribution >= 0.6 is 0 Å². The molecule has 0 saturated heterocycles. The van der Waals surface area contributed by atoms with Gasteiger partial charge in [-0.3, -0.25) is 14.4 Å². The van der Waals surface area contributed by atoms with Gasteiger partial charge in [0.2, 0.25) is 5.91 Å². The van der Waals surface area contributed by atoms with E-state index in [1.54, 1.807) is 36.4 Å². The summed E-state index contributed by atoms with van der Waals surface area (Å²) in [6.07, 6.45) is 1.45. The maximum atomic E-state index is 12.0. The molecule has 0 aliphatic carbocycles. The number of ether oxygens (including phenoxy) is 2. The fourth-order valence-corrected chi connectivity index (χ4v) is 2.59. The highest BCUT2D eigenvalue weighted by molar-refractivity contribution is 5.93. The van der Waals surface area contributed by atoms with Crippen LogP contribution in [-0.4, -0.2) is 31.5 Å². The van der Waals surface area contributed by atoms with Crippen LogP contribution in [0.25, 0.3) is 0 Å². The first-order valence-corrected chi connectivity index (χ1v) is 9.49. The summed E-state index contributed by atoms with van der Waals surface area (Å²) in [5.41, 5.74) is 2.40. The highest BCUT2D eigenvalue weighted by Crippen LogP contribution is 2.23. The van der Waals surface area contributed by atoms with E-state index in [0.29, 0.717) is 23.5 Å². The Morgan fingerprint density at radius 1 is 0.897 bits per heavy atom. The van der Waals surface area contributed by atoms with Crippen LogP contribution in [0.2, 0.25) is 0 Å². The molecule has 0 saturated carbocycles. The molecular formula is C22H26N2O5. The summed E-state index contributed by atoms with van der Waals surface area (Å²) in [4.78, 5) is 35.6. The summed E-state index contributed by atoms with van der Waals surface area (Å²) < 4.78 is 10.1. The first-order chi connectivity index (χ1) is 14.0. The largest absolute Gasteiger partial charge is 0.495 e. The van der Waals surface area contributed by atoms with Gasteiger partial charge >= 0.3 is 5.97 Å². The van der Waals surface area contributed by atoms with E-state index in [4.69, 9.17) is 9.47 Å². The molecule has 2 amide bonds. The molecule has 0 aromatic heterocycles. The molecule has 2 aromatic rings. The van der Waals surface area contributed by atoms with E-state index in [0.717, 1.165) is 6.42 Å². The minimum Gasteiger partial charge on any atom is -0.495 e. The Hall–Kier alpha value is -3.35. The number of hydrogen-bond donors (Lipinski definition) is 2. The second-order valence-electron chi connectivity index (χ2n) is 6.36. The first kappa shape index (κ1) is 21.9. The Balaban J connectivity index is 1.64. The number of carbonyl (C=O) groups is 3. The van der Waals surface area contributed by atoms with E-state index in [-0.39, 0.29) is 25.4 Å². The van der Waals surface area contributed by atoms with Crippen molar-refractivity contribution in [3.63, 3.8) is 0 Å². The van der Waals surface area contributed by atoms with Crippen molar-refractivity contribution >= 4 is 29.2 Å². The quantitative estimate of drug-likeness (QED) is 0.597. The van der Waals surface area contributed by atoms with Crippen molar-refractivity contribution in [3.8, 4) is 5.75 Å². The van der Waals surface area contributed by atoms with Gasteiger partial charge in [-0.05, 0) is 42.7 Å². The van der Waals surface area contributed by atoms with Crippen LogP contribution in [-0.2, 0) is 25.5 Å². The summed E-state index contributed by atoms with van der Waals surface area (Å²) in [7, 11) is 1.53. The third kappa shape index (κ3) is 7.65. The third-order valence-electron chi connectivity index (χ3n) is 4.18. The molecule has 0 unspecified atom stereocenters. The highest BCUT2D eigenvalue weighted by Gasteiger charge is 2.11. The van der Waals surface area contributed by atoms with Gasteiger partial charge < -0.3 is 20.1 Å². The Kier molecular flexibility index (Phi) is 8.69. The van der Waals surface area contributed by atoms with Crippen molar-refractivity contribution in [2.24, 2.45) is 0 Å². The van der Waals surface area contributed by atoms with Gasteiger partial charge in [0.15, 0.2) is 6.61 Å². The third-order valence-corrected chi connectivity index (χ3v) is 4.18. The molecule has 7 nitrogen and oxygen atoms in total. The number of anilines is 2. The molecule has 29 heavy (non-hydrogen) atoms. The van der Waals surface area contributed by atoms with Crippen LogP contribution in [0.4, 0.5) is 11.4 Å². The monoisotopic (exact) mass is 398 g/mol. The molecule has 2 rings (SSSR count). The van der Waals surface area contributed by atoms with E-state index < -0.39 is 11.9 Å². The van der Waals surface area contributed by atoms with E-state index >= 15 is 0 Å². The van der Waals surface area contributed by atoms with Crippen LogP contribution in [0.3, 0.4) is 0 Å². The average Bonchev–Trinajstić information content (AvgIpc) is 2.73. The zero-order chi connectivity index (χ0) is 21.1. The molecule has 0 atom stereocenters. The van der Waals surface area contributed by atoms with Crippen LogP contribution in [0.1, 0.15) is 31.7 Å². The number of rotatable bonds is 10. The summed E-state index contributed by atoms with van der Waals surface area (Å²) in [5.74, 6) is -0.589. The number of benzene rings is 2. The van der Waals surface area contributed by atoms with Crippen LogP contribution in [0.5, 0.6) is 5.75 Å². The standard InChI is InChI=1S/C22H26N2O5/c1-3-16-11-13-17(14-12-16)23-21(26)15-29-22(27)10-6-9-20(25)24-18-7-4-5-8-19(18)28-2/h4-5,7-8,11-14H,3,6,9-10,15H2,1-2H3,(H,23,26)(H,24,25). The van der Waals surface area contributed by atoms with Crippen LogP contribution in [0.15, 0.2) is 48.5 Å². The fourth-order valence-electron chi connectivity index (χ4n) is 2.59. The lowest BCUT2D eigenvalue weighted by Crippen LogP contribution is -2.21. The molecule has 0 fully saturated rings. The number of aryl methyl sites for hydroxylation is 1. The van der Waals surface area contributed by atoms with Gasteiger partial charge in [-0.25, -0.2) is 0 Å². The number of amides is 2. The van der Waals surface area contributed by atoms with Crippen molar-refractivity contribution in [3.05, 3.63) is 54.1 Å². The lowest BCUT2D eigenvalue weighted by Gasteiger charge is -2.10. The van der Waals surface area contributed by atoms with E-state index in [1.807, 2.05) is 12.1 Å². The predicted octanol–water partition coefficient (Wildman–Crippen LogP) is 3.55. The number of hydrogen-bond acceptors (Lipinski definition) is 5. The van der Waals surface area contributed by atoms with E-state index in [2.05, 4.69) is 17.6 Å². The minimum atomic E-state index is -0.522. The van der Waals surface area contributed by atoms with Gasteiger partial charge in [-0.1, -0.05) is 31.2 Å². The summed E-state index contributed by atoms with van der Waals surface area (Å²) >= 11 is 0. The normalized spacial score (nSPS) is 10.1. The molecule has 154 valence electrons. The SMILES string of the molecule is CCc1ccc(NC(=O)COC(=O)CCCC(=O)Nc2ccccc2OC)cc1. The smallest absolute Gasteiger partial charge is 0.306 e. The number of esters is 1.